The molecule has 0 aliphatic rings. The molecule has 5 heteroatoms. The van der Waals surface area contributed by atoms with Crippen molar-refractivity contribution in [2.45, 2.75) is 40.0 Å². The van der Waals surface area contributed by atoms with Gasteiger partial charge in [0.2, 0.25) is 0 Å². The fourth-order valence-corrected chi connectivity index (χ4v) is 3.15. The van der Waals surface area contributed by atoms with Crippen molar-refractivity contribution in [3.05, 3.63) is 22.6 Å². The van der Waals surface area contributed by atoms with Crippen molar-refractivity contribution in [3.63, 3.8) is 0 Å². The summed E-state index contributed by atoms with van der Waals surface area (Å²) in [6.45, 7) is 10.7. The Bertz CT molecular complexity index is 746. The lowest BCUT2D eigenvalue weighted by molar-refractivity contribution is 0.538. The van der Waals surface area contributed by atoms with Crippen molar-refractivity contribution < 1.29 is 0 Å². The fraction of sp³-hybridized carbons (Fsp3) is 0.462. The van der Waals surface area contributed by atoms with E-state index in [1.54, 1.807) is 11.3 Å². The zero-order valence-corrected chi connectivity index (χ0v) is 12.1. The van der Waals surface area contributed by atoms with Crippen LogP contribution in [0, 0.1) is 13.8 Å². The first kappa shape index (κ1) is 11.6. The molecule has 0 unspecified atom stereocenters. The molecule has 3 rings (SSSR count). The quantitative estimate of drug-likeness (QED) is 0.623. The van der Waals surface area contributed by atoms with Gasteiger partial charge in [-0.05, 0) is 19.4 Å². The fourth-order valence-electron chi connectivity index (χ4n) is 2.16. The molecular formula is C13H16N4S. The van der Waals surface area contributed by atoms with E-state index in [1.165, 1.54) is 10.4 Å². The van der Waals surface area contributed by atoms with Crippen molar-refractivity contribution in [1.82, 2.24) is 19.6 Å². The second kappa shape index (κ2) is 3.51. The van der Waals surface area contributed by atoms with E-state index in [0.29, 0.717) is 0 Å². The minimum Gasteiger partial charge on any atom is -0.268 e. The maximum atomic E-state index is 4.54. The summed E-state index contributed by atoms with van der Waals surface area (Å²) in [4.78, 5) is 6.88. The number of aryl methyl sites for hydroxylation is 2. The van der Waals surface area contributed by atoms with E-state index in [4.69, 9.17) is 0 Å². The van der Waals surface area contributed by atoms with Crippen LogP contribution in [0.5, 0.6) is 0 Å². The highest BCUT2D eigenvalue weighted by Gasteiger charge is 2.23. The van der Waals surface area contributed by atoms with Crippen LogP contribution in [0.25, 0.3) is 15.9 Å². The molecule has 0 saturated heterocycles. The Kier molecular flexibility index (Phi) is 2.26. The van der Waals surface area contributed by atoms with Crippen molar-refractivity contribution in [1.29, 1.82) is 0 Å². The van der Waals surface area contributed by atoms with Crippen LogP contribution in [-0.2, 0) is 5.41 Å². The predicted molar refractivity (Wildman–Crippen MR) is 74.3 cm³/mol. The molecule has 3 heterocycles. The van der Waals surface area contributed by atoms with E-state index in [-0.39, 0.29) is 5.41 Å². The number of hydrogen-bond donors (Lipinski definition) is 0. The van der Waals surface area contributed by atoms with Gasteiger partial charge in [-0.2, -0.15) is 0 Å². The Hall–Kier alpha value is -1.49. The van der Waals surface area contributed by atoms with Gasteiger partial charge in [-0.3, -0.25) is 4.40 Å². The topological polar surface area (TPSA) is 43.1 Å². The van der Waals surface area contributed by atoms with Crippen LogP contribution in [0.4, 0.5) is 0 Å². The highest BCUT2D eigenvalue weighted by Crippen LogP contribution is 2.32. The Labute approximate surface area is 110 Å². The number of hydrogen-bond acceptors (Lipinski definition) is 4. The summed E-state index contributed by atoms with van der Waals surface area (Å²) in [5.74, 6) is 0.954. The Morgan fingerprint density at radius 3 is 2.56 bits per heavy atom. The number of thiophene rings is 1. The molecule has 0 atom stereocenters. The van der Waals surface area contributed by atoms with E-state index < -0.39 is 0 Å². The third-order valence-corrected chi connectivity index (χ3v) is 4.36. The highest BCUT2D eigenvalue weighted by molar-refractivity contribution is 7.18. The first-order valence-corrected chi connectivity index (χ1v) is 6.81. The molecular weight excluding hydrogens is 244 g/mol. The Morgan fingerprint density at radius 1 is 1.17 bits per heavy atom. The van der Waals surface area contributed by atoms with Gasteiger partial charge in [0.25, 0.3) is 0 Å². The van der Waals surface area contributed by atoms with Crippen molar-refractivity contribution in [2.75, 3.05) is 0 Å². The molecule has 0 amide bonds. The summed E-state index contributed by atoms with van der Waals surface area (Å²) in [6.07, 6.45) is 1.84. The van der Waals surface area contributed by atoms with Crippen molar-refractivity contribution >= 4 is 27.2 Å². The van der Waals surface area contributed by atoms with Gasteiger partial charge in [0, 0.05) is 10.3 Å². The largest absolute Gasteiger partial charge is 0.268 e. The molecule has 4 nitrogen and oxygen atoms in total. The zero-order valence-electron chi connectivity index (χ0n) is 11.3. The van der Waals surface area contributed by atoms with Crippen molar-refractivity contribution in [2.24, 2.45) is 0 Å². The standard InChI is InChI=1S/C13H16N4S/c1-7-8(2)18-11-9(7)10-15-16-12(13(3,4)5)17(10)6-14-11/h6H,1-5H3. The van der Waals surface area contributed by atoms with Gasteiger partial charge < -0.3 is 0 Å². The molecule has 0 radical (unpaired) electrons. The minimum absolute atomic E-state index is 0.0340. The Morgan fingerprint density at radius 2 is 1.89 bits per heavy atom. The van der Waals surface area contributed by atoms with Gasteiger partial charge in [0.15, 0.2) is 5.65 Å². The first-order chi connectivity index (χ1) is 8.39. The van der Waals surface area contributed by atoms with Crippen LogP contribution < -0.4 is 0 Å². The molecule has 18 heavy (non-hydrogen) atoms. The molecule has 3 aromatic heterocycles. The third kappa shape index (κ3) is 1.47. The smallest absolute Gasteiger partial charge is 0.172 e. The maximum Gasteiger partial charge on any atom is 0.172 e. The van der Waals surface area contributed by atoms with Crippen LogP contribution in [-0.4, -0.2) is 19.6 Å². The van der Waals surface area contributed by atoms with E-state index in [1.807, 2.05) is 10.7 Å². The monoisotopic (exact) mass is 260 g/mol. The van der Waals surface area contributed by atoms with Crippen LogP contribution in [0.3, 0.4) is 0 Å². The summed E-state index contributed by atoms with van der Waals surface area (Å²) in [6, 6.07) is 0. The predicted octanol–water partition coefficient (Wildman–Crippen LogP) is 3.25. The van der Waals surface area contributed by atoms with Gasteiger partial charge in [-0.15, -0.1) is 21.5 Å². The van der Waals surface area contributed by atoms with E-state index in [2.05, 4.69) is 49.8 Å². The van der Waals surface area contributed by atoms with Crippen LogP contribution in [0.1, 0.15) is 37.0 Å². The normalized spacial score (nSPS) is 12.7. The number of nitrogens with zero attached hydrogens (tertiary/aromatic N) is 4. The number of rotatable bonds is 0. The molecule has 0 aliphatic carbocycles. The molecule has 0 aliphatic heterocycles. The van der Waals surface area contributed by atoms with Gasteiger partial charge in [-0.1, -0.05) is 20.8 Å². The van der Waals surface area contributed by atoms with Gasteiger partial charge in [-0.25, -0.2) is 4.98 Å². The summed E-state index contributed by atoms with van der Waals surface area (Å²) < 4.78 is 2.02. The average Bonchev–Trinajstić information content (AvgIpc) is 2.80. The van der Waals surface area contributed by atoms with Gasteiger partial charge >= 0.3 is 0 Å². The second-order valence-electron chi connectivity index (χ2n) is 5.68. The van der Waals surface area contributed by atoms with E-state index in [0.717, 1.165) is 21.7 Å². The second-order valence-corrected chi connectivity index (χ2v) is 6.88. The molecule has 0 N–H and O–H groups in total. The number of fused-ring (bicyclic) bond motifs is 3. The molecule has 94 valence electrons. The SMILES string of the molecule is Cc1sc2ncn3c(C(C)(C)C)nnc3c2c1C. The highest BCUT2D eigenvalue weighted by atomic mass is 32.1. The maximum absolute atomic E-state index is 4.54. The van der Waals surface area contributed by atoms with Crippen molar-refractivity contribution in [3.8, 4) is 0 Å². The Balaban J connectivity index is 2.47. The molecule has 0 fully saturated rings. The summed E-state index contributed by atoms with van der Waals surface area (Å²) >= 11 is 1.72. The zero-order chi connectivity index (χ0) is 13.1. The van der Waals surface area contributed by atoms with Crippen LogP contribution in [0.2, 0.25) is 0 Å². The summed E-state index contributed by atoms with van der Waals surface area (Å²) in [7, 11) is 0. The lowest BCUT2D eigenvalue weighted by Gasteiger charge is -2.15. The van der Waals surface area contributed by atoms with E-state index in [9.17, 15) is 0 Å². The lowest BCUT2D eigenvalue weighted by atomic mass is 9.96. The lowest BCUT2D eigenvalue weighted by Crippen LogP contribution is -2.16. The van der Waals surface area contributed by atoms with Crippen LogP contribution >= 0.6 is 11.3 Å². The summed E-state index contributed by atoms with van der Waals surface area (Å²) in [5, 5.41) is 9.85. The van der Waals surface area contributed by atoms with Crippen LogP contribution in [0.15, 0.2) is 6.33 Å². The molecule has 0 bridgehead atoms. The molecule has 0 aromatic carbocycles. The van der Waals surface area contributed by atoms with Gasteiger partial charge in [0.1, 0.15) is 17.0 Å². The van der Waals surface area contributed by atoms with E-state index >= 15 is 0 Å². The summed E-state index contributed by atoms with van der Waals surface area (Å²) in [5.41, 5.74) is 2.15. The average molecular weight is 260 g/mol. The van der Waals surface area contributed by atoms with Gasteiger partial charge in [0.05, 0.1) is 5.39 Å². The minimum atomic E-state index is -0.0340. The molecule has 3 aromatic rings. The number of aromatic nitrogens is 4. The molecule has 0 saturated carbocycles. The molecule has 0 spiro atoms. The third-order valence-electron chi connectivity index (χ3n) is 3.25. The first-order valence-electron chi connectivity index (χ1n) is 5.99.